The van der Waals surface area contributed by atoms with Gasteiger partial charge in [-0.25, -0.2) is 14.3 Å². The second-order valence-corrected chi connectivity index (χ2v) is 16.1. The normalized spacial score (nSPS) is 20.4. The molecule has 3 heterocycles. The van der Waals surface area contributed by atoms with Crippen molar-refractivity contribution in [2.75, 3.05) is 11.9 Å². The molecule has 57 heavy (non-hydrogen) atoms. The van der Waals surface area contributed by atoms with Gasteiger partial charge in [0.15, 0.2) is 11.9 Å². The number of nitrogens with zero attached hydrogens (tertiary/aromatic N) is 4. The second kappa shape index (κ2) is 15.7. The van der Waals surface area contributed by atoms with Gasteiger partial charge < -0.3 is 19.5 Å². The third kappa shape index (κ3) is 6.86. The van der Waals surface area contributed by atoms with E-state index in [1.54, 1.807) is 60.7 Å². The quantitative estimate of drug-likeness (QED) is 0.0594. The summed E-state index contributed by atoms with van der Waals surface area (Å²) in [6.45, 7) is 1.88. The van der Waals surface area contributed by atoms with Gasteiger partial charge in [-0.05, 0) is 60.0 Å². The van der Waals surface area contributed by atoms with Crippen molar-refractivity contribution in [2.24, 2.45) is 0 Å². The number of nitrogens with one attached hydrogen (secondary N) is 1. The lowest BCUT2D eigenvalue weighted by molar-refractivity contribution is -0.0969. The number of esters is 1. The molecule has 7 aromatic rings. The molecule has 8 rings (SSSR count). The fraction of sp³-hybridized carbons (Fsp3) is 0.152. The minimum Gasteiger partial charge on any atom is -0.453 e. The second-order valence-electron chi connectivity index (χ2n) is 13.8. The molecule has 1 aliphatic heterocycles. The van der Waals surface area contributed by atoms with E-state index < -0.39 is 32.8 Å². The van der Waals surface area contributed by atoms with Crippen LogP contribution in [0.25, 0.3) is 5.52 Å². The molecule has 10 nitrogen and oxygen atoms in total. The maximum atomic E-state index is 13.9. The Hall–Kier alpha value is -6.20. The molecule has 282 valence electrons. The molecule has 11 heteroatoms. The number of benzene rings is 5. The standard InChI is InChI=1S/C46H36IN5O5/c1-44(47)39(29-55-46(34-21-11-4-12-22-34,35-23-13-5-14-24-35)36-25-15-6-16-26-36)57-45(30-48,43(44)56-42(54)33-19-9-3-10-20-33)38-28-27-37-40(49-31-50-52(37)38)51-41(53)32-17-7-2-8-18-32/h2-28,31,39,43H,29H2,1H3,(H,49,50,51,53)/t39-,43+,44?,45+/m1/s1. The van der Waals surface area contributed by atoms with E-state index >= 15 is 0 Å². The van der Waals surface area contributed by atoms with Crippen LogP contribution in [0.1, 0.15) is 50.0 Å². The van der Waals surface area contributed by atoms with E-state index in [4.69, 9.17) is 14.2 Å². The summed E-state index contributed by atoms with van der Waals surface area (Å²) < 4.78 is 21.0. The number of carbonyl (C=O) groups is 2. The van der Waals surface area contributed by atoms with Crippen LogP contribution < -0.4 is 5.32 Å². The molecule has 1 N–H and O–H groups in total. The van der Waals surface area contributed by atoms with Crippen molar-refractivity contribution >= 4 is 45.8 Å². The van der Waals surface area contributed by atoms with Gasteiger partial charge in [-0.3, -0.25) is 4.79 Å². The Morgan fingerprint density at radius 3 is 1.82 bits per heavy atom. The number of amides is 1. The number of alkyl halides is 1. The number of aromatic nitrogens is 3. The fourth-order valence-corrected chi connectivity index (χ4v) is 8.37. The minimum atomic E-state index is -1.90. The Kier molecular flexibility index (Phi) is 10.4. The molecule has 0 spiro atoms. The van der Waals surface area contributed by atoms with E-state index in [0.29, 0.717) is 16.6 Å². The van der Waals surface area contributed by atoms with E-state index in [2.05, 4.69) is 44.1 Å². The van der Waals surface area contributed by atoms with E-state index in [1.165, 1.54) is 10.8 Å². The molecule has 2 aromatic heterocycles. The molecule has 0 radical (unpaired) electrons. The van der Waals surface area contributed by atoms with Crippen LogP contribution in [0.5, 0.6) is 0 Å². The van der Waals surface area contributed by atoms with Gasteiger partial charge in [-0.2, -0.15) is 10.4 Å². The van der Waals surface area contributed by atoms with Crippen molar-refractivity contribution in [3.8, 4) is 6.07 Å². The summed E-state index contributed by atoms with van der Waals surface area (Å²) in [7, 11) is 0. The maximum absolute atomic E-state index is 13.9. The summed E-state index contributed by atoms with van der Waals surface area (Å²) in [4.78, 5) is 31.5. The van der Waals surface area contributed by atoms with E-state index in [9.17, 15) is 14.9 Å². The molecular weight excluding hydrogens is 829 g/mol. The van der Waals surface area contributed by atoms with Crippen molar-refractivity contribution in [3.63, 3.8) is 0 Å². The topological polar surface area (TPSA) is 128 Å². The summed E-state index contributed by atoms with van der Waals surface area (Å²) in [5, 5.41) is 18.7. The smallest absolute Gasteiger partial charge is 0.338 e. The number of fused-ring (bicyclic) bond motifs is 1. The Morgan fingerprint density at radius 1 is 0.789 bits per heavy atom. The predicted octanol–water partition coefficient (Wildman–Crippen LogP) is 8.53. The zero-order valence-corrected chi connectivity index (χ0v) is 32.9. The van der Waals surface area contributed by atoms with Gasteiger partial charge in [-0.15, -0.1) is 0 Å². The average molecular weight is 866 g/mol. The third-order valence-corrected chi connectivity index (χ3v) is 11.6. The van der Waals surface area contributed by atoms with E-state index in [-0.39, 0.29) is 24.0 Å². The van der Waals surface area contributed by atoms with Gasteiger partial charge in [0.05, 0.1) is 21.3 Å². The Labute approximate surface area is 343 Å². The van der Waals surface area contributed by atoms with Crippen LogP contribution in [0.15, 0.2) is 170 Å². The van der Waals surface area contributed by atoms with Crippen LogP contribution in [0.2, 0.25) is 0 Å². The highest BCUT2D eigenvalue weighted by atomic mass is 127. The van der Waals surface area contributed by atoms with Gasteiger partial charge in [-0.1, -0.05) is 150 Å². The third-order valence-electron chi connectivity index (χ3n) is 10.3. The zero-order valence-electron chi connectivity index (χ0n) is 30.7. The van der Waals surface area contributed by atoms with Gasteiger partial charge in [0.25, 0.3) is 5.91 Å². The van der Waals surface area contributed by atoms with E-state index in [1.807, 2.05) is 110 Å². The molecule has 1 unspecified atom stereocenters. The number of nitriles is 1. The van der Waals surface area contributed by atoms with Crippen LogP contribution in [0.3, 0.4) is 0 Å². The summed E-state index contributed by atoms with van der Waals surface area (Å²) in [6.07, 6.45) is -0.696. The highest BCUT2D eigenvalue weighted by Crippen LogP contribution is 2.52. The molecule has 0 aliphatic carbocycles. The largest absolute Gasteiger partial charge is 0.453 e. The lowest BCUT2D eigenvalue weighted by Gasteiger charge is -2.38. The number of carbonyl (C=O) groups excluding carboxylic acids is 2. The Morgan fingerprint density at radius 2 is 1.30 bits per heavy atom. The lowest BCUT2D eigenvalue weighted by Crippen LogP contribution is -2.48. The van der Waals surface area contributed by atoms with E-state index in [0.717, 1.165) is 16.7 Å². The molecule has 4 atom stereocenters. The minimum absolute atomic E-state index is 0.0163. The molecule has 5 aromatic carbocycles. The SMILES string of the molecule is CC1(I)[C@@H](COC(c2ccccc2)(c2ccccc2)c2ccccc2)O[C@@](C#N)(c2ccc3c(NC(=O)c4ccccc4)ncnn23)[C@H]1OC(=O)c1ccccc1. The Balaban J connectivity index is 1.23. The Bertz CT molecular complexity index is 2450. The summed E-state index contributed by atoms with van der Waals surface area (Å²) >= 11 is 2.23. The first-order chi connectivity index (χ1) is 27.8. The summed E-state index contributed by atoms with van der Waals surface area (Å²) in [5.74, 6) is -0.757. The van der Waals surface area contributed by atoms with Crippen LogP contribution in [0, 0.1) is 11.3 Å². The first kappa shape index (κ1) is 37.7. The number of hydrogen-bond acceptors (Lipinski definition) is 8. The number of ether oxygens (including phenoxy) is 3. The number of rotatable bonds is 11. The van der Waals surface area contributed by atoms with Crippen molar-refractivity contribution in [3.05, 3.63) is 204 Å². The fourth-order valence-electron chi connectivity index (χ4n) is 7.50. The van der Waals surface area contributed by atoms with Crippen LogP contribution in [-0.2, 0) is 25.4 Å². The molecule has 1 fully saturated rings. The highest BCUT2D eigenvalue weighted by molar-refractivity contribution is 14.1. The van der Waals surface area contributed by atoms with Gasteiger partial charge in [0, 0.05) is 5.56 Å². The first-order valence-electron chi connectivity index (χ1n) is 18.3. The van der Waals surface area contributed by atoms with Gasteiger partial charge >= 0.3 is 5.97 Å². The van der Waals surface area contributed by atoms with Crippen LogP contribution in [0.4, 0.5) is 5.82 Å². The molecule has 1 saturated heterocycles. The van der Waals surface area contributed by atoms with Crippen LogP contribution >= 0.6 is 22.6 Å². The monoisotopic (exact) mass is 865 g/mol. The molecule has 1 amide bonds. The van der Waals surface area contributed by atoms with Crippen molar-refractivity contribution in [1.29, 1.82) is 5.26 Å². The highest BCUT2D eigenvalue weighted by Gasteiger charge is 2.66. The summed E-state index contributed by atoms with van der Waals surface area (Å²) in [5.41, 5.74) is 1.17. The number of halogens is 1. The van der Waals surface area contributed by atoms with Gasteiger partial charge in [0.2, 0.25) is 5.60 Å². The number of anilines is 1. The maximum Gasteiger partial charge on any atom is 0.338 e. The van der Waals surface area contributed by atoms with Gasteiger partial charge in [0.1, 0.15) is 29.6 Å². The predicted molar refractivity (Wildman–Crippen MR) is 223 cm³/mol. The average Bonchev–Trinajstić information content (AvgIpc) is 3.80. The first-order valence-corrected chi connectivity index (χ1v) is 19.4. The molecular formula is C46H36IN5O5. The summed E-state index contributed by atoms with van der Waals surface area (Å²) in [6, 6.07) is 53.1. The molecule has 0 saturated carbocycles. The number of hydrogen-bond donors (Lipinski definition) is 1. The van der Waals surface area contributed by atoms with Crippen molar-refractivity contribution < 1.29 is 23.8 Å². The zero-order chi connectivity index (χ0) is 39.5. The van der Waals surface area contributed by atoms with Crippen LogP contribution in [-0.4, -0.2) is 48.7 Å². The molecule has 0 bridgehead atoms. The van der Waals surface area contributed by atoms with Crippen molar-refractivity contribution in [2.45, 2.75) is 33.8 Å². The molecule has 1 aliphatic rings. The lowest BCUT2D eigenvalue weighted by atomic mass is 9.80. The van der Waals surface area contributed by atoms with Crippen molar-refractivity contribution in [1.82, 2.24) is 14.6 Å².